The van der Waals surface area contributed by atoms with Crippen molar-refractivity contribution < 1.29 is 23.5 Å². The molecular formula is C13H13F2N5O3S4. The molecule has 0 aromatic carbocycles. The molecule has 0 unspecified atom stereocenters. The van der Waals surface area contributed by atoms with Crippen molar-refractivity contribution in [2.24, 2.45) is 0 Å². The van der Waals surface area contributed by atoms with Gasteiger partial charge in [-0.2, -0.15) is 10.3 Å². The van der Waals surface area contributed by atoms with Gasteiger partial charge in [-0.1, -0.05) is 24.0 Å². The Bertz CT molecular complexity index is 776. The molecule has 1 fully saturated rings. The minimum absolute atomic E-state index is 0.0627. The highest BCUT2D eigenvalue weighted by molar-refractivity contribution is 8.18. The number of carboxylic acids is 1. The number of hydrogen-bond acceptors (Lipinski definition) is 8. The van der Waals surface area contributed by atoms with Gasteiger partial charge in [0.05, 0.1) is 22.7 Å². The van der Waals surface area contributed by atoms with Gasteiger partial charge in [0.2, 0.25) is 6.43 Å². The summed E-state index contributed by atoms with van der Waals surface area (Å²) in [6.45, 7) is 0. The van der Waals surface area contributed by atoms with Crippen LogP contribution in [0.5, 0.6) is 0 Å². The second-order valence-electron chi connectivity index (χ2n) is 5.34. The first-order valence-corrected chi connectivity index (χ1v) is 10.9. The summed E-state index contributed by atoms with van der Waals surface area (Å²) in [4.78, 5) is 25.8. The third kappa shape index (κ3) is 4.55. The molecule has 0 spiro atoms. The number of carboxylic acid groups (broad SMARTS) is 1. The van der Waals surface area contributed by atoms with Crippen LogP contribution < -0.4 is 5.32 Å². The molecule has 1 saturated heterocycles. The van der Waals surface area contributed by atoms with E-state index in [0.717, 1.165) is 0 Å². The molecular weight excluding hydrogens is 440 g/mol. The third-order valence-corrected chi connectivity index (χ3v) is 7.49. The summed E-state index contributed by atoms with van der Waals surface area (Å²) in [5.74, 6) is -1.28. The number of halogens is 2. The first kappa shape index (κ1) is 20.4. The van der Waals surface area contributed by atoms with E-state index in [0.29, 0.717) is 20.8 Å². The van der Waals surface area contributed by atoms with E-state index in [1.54, 1.807) is 6.20 Å². The summed E-state index contributed by atoms with van der Waals surface area (Å²) in [5, 5.41) is 23.0. The van der Waals surface area contributed by atoms with Crippen molar-refractivity contribution in [2.45, 2.75) is 29.3 Å². The van der Waals surface area contributed by atoms with Crippen molar-refractivity contribution in [1.29, 1.82) is 0 Å². The van der Waals surface area contributed by atoms with Crippen LogP contribution in [-0.2, 0) is 9.59 Å². The fourth-order valence-electron chi connectivity index (χ4n) is 2.50. The van der Waals surface area contributed by atoms with E-state index in [1.165, 1.54) is 40.2 Å². The summed E-state index contributed by atoms with van der Waals surface area (Å²) >= 11 is 8.91. The van der Waals surface area contributed by atoms with Crippen molar-refractivity contribution in [3.63, 3.8) is 0 Å². The van der Waals surface area contributed by atoms with Gasteiger partial charge in [0.15, 0.2) is 0 Å². The Morgan fingerprint density at radius 3 is 2.96 bits per heavy atom. The van der Waals surface area contributed by atoms with Crippen LogP contribution in [0.15, 0.2) is 21.8 Å². The SMILES string of the molecule is O=C(O)C1=C(SCSc2cn[nH]n2)CS[C@@H]2[C@H](NC(=S)CC(F)F)C(=O)N12. The van der Waals surface area contributed by atoms with Crippen molar-refractivity contribution in [1.82, 2.24) is 25.6 Å². The lowest BCUT2D eigenvalue weighted by atomic mass is 10.1. The molecule has 2 aliphatic rings. The molecule has 146 valence electrons. The maximum atomic E-state index is 12.4. The molecule has 0 aliphatic carbocycles. The van der Waals surface area contributed by atoms with Gasteiger partial charge in [0.25, 0.3) is 5.91 Å². The van der Waals surface area contributed by atoms with Crippen molar-refractivity contribution in [2.75, 3.05) is 10.8 Å². The Hall–Kier alpha value is -1.38. The highest BCUT2D eigenvalue weighted by Gasteiger charge is 2.54. The number of carbonyl (C=O) groups excluding carboxylic acids is 1. The Morgan fingerprint density at radius 1 is 1.56 bits per heavy atom. The Labute approximate surface area is 170 Å². The number of rotatable bonds is 8. The number of fused-ring (bicyclic) bond motifs is 1. The molecule has 27 heavy (non-hydrogen) atoms. The van der Waals surface area contributed by atoms with E-state index in [4.69, 9.17) is 12.2 Å². The number of thiocarbonyl (C=S) groups is 1. The summed E-state index contributed by atoms with van der Waals surface area (Å²) in [7, 11) is 0. The Kier molecular flexibility index (Phi) is 6.60. The van der Waals surface area contributed by atoms with E-state index in [2.05, 4.69) is 20.7 Å². The van der Waals surface area contributed by atoms with Crippen LogP contribution in [0.3, 0.4) is 0 Å². The minimum atomic E-state index is -2.60. The summed E-state index contributed by atoms with van der Waals surface area (Å²) in [6, 6.07) is -0.786. The minimum Gasteiger partial charge on any atom is -0.477 e. The molecule has 2 aliphatic heterocycles. The second-order valence-corrected chi connectivity index (χ2v) is 9.37. The van der Waals surface area contributed by atoms with Crippen LogP contribution in [0, 0.1) is 0 Å². The van der Waals surface area contributed by atoms with Gasteiger partial charge in [0, 0.05) is 10.7 Å². The predicted octanol–water partition coefficient (Wildman–Crippen LogP) is 1.74. The van der Waals surface area contributed by atoms with Gasteiger partial charge in [-0.15, -0.1) is 28.6 Å². The molecule has 1 aromatic rings. The van der Waals surface area contributed by atoms with Crippen LogP contribution in [0.25, 0.3) is 0 Å². The second kappa shape index (κ2) is 8.75. The number of aliphatic carboxylic acids is 1. The quantitative estimate of drug-likeness (QED) is 0.233. The number of H-pyrrole nitrogens is 1. The van der Waals surface area contributed by atoms with Crippen molar-refractivity contribution >= 4 is 64.4 Å². The molecule has 3 heterocycles. The van der Waals surface area contributed by atoms with E-state index < -0.39 is 36.1 Å². The van der Waals surface area contributed by atoms with Crippen LogP contribution in [0.2, 0.25) is 0 Å². The van der Waals surface area contributed by atoms with Gasteiger partial charge in [0.1, 0.15) is 22.1 Å². The molecule has 2 atom stereocenters. The zero-order valence-corrected chi connectivity index (χ0v) is 16.7. The maximum absolute atomic E-state index is 12.4. The zero-order chi connectivity index (χ0) is 19.6. The van der Waals surface area contributed by atoms with Gasteiger partial charge >= 0.3 is 5.97 Å². The third-order valence-electron chi connectivity index (χ3n) is 3.62. The number of nitrogens with one attached hydrogen (secondary N) is 2. The normalized spacial score (nSPS) is 21.9. The van der Waals surface area contributed by atoms with Crippen molar-refractivity contribution in [3.05, 3.63) is 16.8 Å². The van der Waals surface area contributed by atoms with E-state index in [9.17, 15) is 23.5 Å². The van der Waals surface area contributed by atoms with Crippen LogP contribution in [-0.4, -0.2) is 71.0 Å². The summed E-state index contributed by atoms with van der Waals surface area (Å²) < 4.78 is 24.8. The molecule has 1 amide bonds. The Balaban J connectivity index is 1.66. The molecule has 0 bridgehead atoms. The smallest absolute Gasteiger partial charge is 0.353 e. The lowest BCUT2D eigenvalue weighted by Crippen LogP contribution is -2.70. The van der Waals surface area contributed by atoms with Gasteiger partial charge in [-0.25, -0.2) is 13.6 Å². The number of aromatic nitrogens is 3. The average molecular weight is 454 g/mol. The molecule has 0 saturated carbocycles. The average Bonchev–Trinajstić information content (AvgIpc) is 3.11. The van der Waals surface area contributed by atoms with E-state index in [-0.39, 0.29) is 10.7 Å². The molecule has 8 nitrogen and oxygen atoms in total. The largest absolute Gasteiger partial charge is 0.477 e. The highest BCUT2D eigenvalue weighted by Crippen LogP contribution is 2.44. The van der Waals surface area contributed by atoms with Crippen LogP contribution >= 0.6 is 47.5 Å². The first-order chi connectivity index (χ1) is 12.9. The number of alkyl halides is 2. The zero-order valence-electron chi connectivity index (χ0n) is 13.4. The maximum Gasteiger partial charge on any atom is 0.353 e. The van der Waals surface area contributed by atoms with Gasteiger partial charge in [-0.05, 0) is 0 Å². The molecule has 1 aromatic heterocycles. The Morgan fingerprint density at radius 2 is 2.33 bits per heavy atom. The van der Waals surface area contributed by atoms with Crippen LogP contribution in [0.4, 0.5) is 8.78 Å². The molecule has 0 radical (unpaired) electrons. The summed E-state index contributed by atoms with van der Waals surface area (Å²) in [6.07, 6.45) is -1.67. The first-order valence-electron chi connectivity index (χ1n) is 7.48. The topological polar surface area (TPSA) is 111 Å². The monoisotopic (exact) mass is 453 g/mol. The van der Waals surface area contributed by atoms with Gasteiger partial charge < -0.3 is 10.4 Å². The molecule has 3 N–H and O–H groups in total. The number of aromatic amines is 1. The number of β-lactam (4-membered cyclic amide) rings is 1. The van der Waals surface area contributed by atoms with E-state index in [1.807, 2.05) is 0 Å². The number of amides is 1. The number of nitrogens with zero attached hydrogens (tertiary/aromatic N) is 3. The lowest BCUT2D eigenvalue weighted by molar-refractivity contribution is -0.148. The number of hydrogen-bond donors (Lipinski definition) is 3. The lowest BCUT2D eigenvalue weighted by Gasteiger charge is -2.49. The molecule has 3 rings (SSSR count). The summed E-state index contributed by atoms with van der Waals surface area (Å²) in [5.41, 5.74) is -0.0627. The standard InChI is InChI=1S/C13H13F2N5O3S4/c14-6(15)1-7(24)17-9-11(21)20-10(13(22)23)5(3-25-12(9)20)26-4-27-8-2-16-19-18-8/h2,6,9,12H,1,3-4H2,(H,17,24)(H,22,23)(H,16,18,19)/t9-,12-/m1/s1. The van der Waals surface area contributed by atoms with Crippen LogP contribution in [0.1, 0.15) is 6.42 Å². The van der Waals surface area contributed by atoms with Crippen molar-refractivity contribution in [3.8, 4) is 0 Å². The van der Waals surface area contributed by atoms with E-state index >= 15 is 0 Å². The highest BCUT2D eigenvalue weighted by atomic mass is 32.2. The number of carbonyl (C=O) groups is 2. The fourth-order valence-corrected chi connectivity index (χ4v) is 6.32. The molecule has 14 heteroatoms. The number of thioether (sulfide) groups is 3. The predicted molar refractivity (Wildman–Crippen MR) is 103 cm³/mol. The fraction of sp³-hybridized carbons (Fsp3) is 0.462. The van der Waals surface area contributed by atoms with Gasteiger partial charge in [-0.3, -0.25) is 9.69 Å².